The fraction of sp³-hybridized carbons (Fsp3) is 0.250. The minimum atomic E-state index is 0.759. The van der Waals surface area contributed by atoms with Gasteiger partial charge in [-0.05, 0) is 30.5 Å². The number of aromatic nitrogens is 2. The Bertz CT molecular complexity index is 776. The fourth-order valence-electron chi connectivity index (χ4n) is 2.87. The molecule has 1 saturated heterocycles. The molecule has 0 amide bonds. The van der Waals surface area contributed by atoms with Crippen LogP contribution in [0.25, 0.3) is 21.3 Å². The number of rotatable bonds is 2. The van der Waals surface area contributed by atoms with E-state index in [1.807, 2.05) is 12.1 Å². The van der Waals surface area contributed by atoms with Crippen LogP contribution in [0.3, 0.4) is 0 Å². The second kappa shape index (κ2) is 5.28. The highest BCUT2D eigenvalue weighted by Crippen LogP contribution is 2.38. The van der Waals surface area contributed by atoms with Crippen molar-refractivity contribution >= 4 is 39.0 Å². The van der Waals surface area contributed by atoms with E-state index in [1.165, 1.54) is 29.4 Å². The number of hydrogen-bond acceptors (Lipinski definition) is 4. The van der Waals surface area contributed by atoms with E-state index in [2.05, 4.69) is 32.4 Å². The molecule has 0 atom stereocenters. The number of hydrogen-bond donors (Lipinski definition) is 0. The van der Waals surface area contributed by atoms with E-state index in [4.69, 9.17) is 11.6 Å². The largest absolute Gasteiger partial charge is 0.356 e. The molecule has 0 N–H and O–H groups in total. The molecule has 0 aliphatic carbocycles. The summed E-state index contributed by atoms with van der Waals surface area (Å²) >= 11 is 7.67. The number of fused-ring (bicyclic) bond motifs is 1. The van der Waals surface area contributed by atoms with Crippen LogP contribution in [-0.2, 0) is 0 Å². The molecule has 1 fully saturated rings. The molecular formula is C16H14ClN3S. The molecular weight excluding hydrogens is 302 g/mol. The third kappa shape index (κ3) is 2.28. The van der Waals surface area contributed by atoms with E-state index in [1.54, 1.807) is 17.7 Å². The van der Waals surface area contributed by atoms with Gasteiger partial charge in [0.25, 0.3) is 0 Å². The highest BCUT2D eigenvalue weighted by atomic mass is 35.5. The van der Waals surface area contributed by atoms with Crippen molar-refractivity contribution in [3.63, 3.8) is 0 Å². The standard InChI is InChI=1S/C16H14ClN3S/c17-12-5-3-11(4-6-12)13-9-21-16-14(13)15(18-10-19-16)20-7-1-2-8-20/h3-6,9-10H,1-2,7-8H2. The Morgan fingerprint density at radius 1 is 1.05 bits per heavy atom. The molecule has 3 heterocycles. The monoisotopic (exact) mass is 315 g/mol. The second-order valence-corrected chi connectivity index (χ2v) is 6.52. The number of benzene rings is 1. The van der Waals surface area contributed by atoms with Crippen molar-refractivity contribution in [1.29, 1.82) is 0 Å². The van der Waals surface area contributed by atoms with E-state index in [0.29, 0.717) is 0 Å². The number of anilines is 1. The van der Waals surface area contributed by atoms with Crippen LogP contribution in [0.1, 0.15) is 12.8 Å². The third-order valence-electron chi connectivity index (χ3n) is 3.91. The average molecular weight is 316 g/mol. The van der Waals surface area contributed by atoms with Gasteiger partial charge in [0.15, 0.2) is 0 Å². The minimum absolute atomic E-state index is 0.759. The predicted molar refractivity (Wildman–Crippen MR) is 89.3 cm³/mol. The molecule has 0 radical (unpaired) electrons. The second-order valence-electron chi connectivity index (χ2n) is 5.23. The quantitative estimate of drug-likeness (QED) is 0.691. The summed E-state index contributed by atoms with van der Waals surface area (Å²) in [6, 6.07) is 7.98. The summed E-state index contributed by atoms with van der Waals surface area (Å²) in [5.41, 5.74) is 2.37. The molecule has 1 aliphatic rings. The van der Waals surface area contributed by atoms with Gasteiger partial charge in [0.2, 0.25) is 0 Å². The maximum atomic E-state index is 6.00. The molecule has 4 rings (SSSR count). The molecule has 2 aromatic heterocycles. The van der Waals surface area contributed by atoms with Gasteiger partial charge in [0.05, 0.1) is 5.39 Å². The van der Waals surface area contributed by atoms with Crippen LogP contribution in [-0.4, -0.2) is 23.1 Å². The Kier molecular flexibility index (Phi) is 3.28. The van der Waals surface area contributed by atoms with Crippen molar-refractivity contribution in [2.24, 2.45) is 0 Å². The number of nitrogens with zero attached hydrogens (tertiary/aromatic N) is 3. The maximum absolute atomic E-state index is 6.00. The van der Waals surface area contributed by atoms with Gasteiger partial charge in [-0.3, -0.25) is 0 Å². The molecule has 0 saturated carbocycles. The number of halogens is 1. The zero-order chi connectivity index (χ0) is 14.2. The first-order chi connectivity index (χ1) is 10.3. The first-order valence-corrected chi connectivity index (χ1v) is 8.32. The van der Waals surface area contributed by atoms with Crippen molar-refractivity contribution in [3.8, 4) is 11.1 Å². The van der Waals surface area contributed by atoms with E-state index in [9.17, 15) is 0 Å². The molecule has 3 nitrogen and oxygen atoms in total. The third-order valence-corrected chi connectivity index (χ3v) is 5.05. The van der Waals surface area contributed by atoms with Crippen LogP contribution in [0, 0.1) is 0 Å². The smallest absolute Gasteiger partial charge is 0.141 e. The van der Waals surface area contributed by atoms with E-state index in [0.717, 1.165) is 28.8 Å². The van der Waals surface area contributed by atoms with Crippen molar-refractivity contribution in [2.45, 2.75) is 12.8 Å². The maximum Gasteiger partial charge on any atom is 0.141 e. The molecule has 5 heteroatoms. The summed E-state index contributed by atoms with van der Waals surface area (Å²) in [5, 5.41) is 4.10. The Morgan fingerprint density at radius 2 is 1.81 bits per heavy atom. The lowest BCUT2D eigenvalue weighted by Crippen LogP contribution is -2.19. The molecule has 0 spiro atoms. The van der Waals surface area contributed by atoms with Crippen LogP contribution in [0.4, 0.5) is 5.82 Å². The minimum Gasteiger partial charge on any atom is -0.356 e. The highest BCUT2D eigenvalue weighted by Gasteiger charge is 2.20. The fourth-order valence-corrected chi connectivity index (χ4v) is 3.91. The lowest BCUT2D eigenvalue weighted by molar-refractivity contribution is 0.940. The number of thiophene rings is 1. The Morgan fingerprint density at radius 3 is 2.57 bits per heavy atom. The van der Waals surface area contributed by atoms with Crippen LogP contribution in [0.15, 0.2) is 36.0 Å². The van der Waals surface area contributed by atoms with Gasteiger partial charge in [0, 0.05) is 29.1 Å². The van der Waals surface area contributed by atoms with Gasteiger partial charge in [-0.15, -0.1) is 11.3 Å². The Hall–Kier alpha value is -1.65. The Balaban J connectivity index is 1.91. The van der Waals surface area contributed by atoms with Gasteiger partial charge < -0.3 is 4.90 Å². The molecule has 1 aromatic carbocycles. The first kappa shape index (κ1) is 13.0. The van der Waals surface area contributed by atoms with Crippen LogP contribution in [0.2, 0.25) is 5.02 Å². The summed E-state index contributed by atoms with van der Waals surface area (Å²) in [7, 11) is 0. The van der Waals surface area contributed by atoms with Crippen LogP contribution < -0.4 is 4.90 Å². The van der Waals surface area contributed by atoms with Crippen LogP contribution >= 0.6 is 22.9 Å². The lowest BCUT2D eigenvalue weighted by Gasteiger charge is -2.17. The summed E-state index contributed by atoms with van der Waals surface area (Å²) in [6.07, 6.45) is 4.16. The molecule has 0 unspecified atom stereocenters. The summed E-state index contributed by atoms with van der Waals surface area (Å²) in [5.74, 6) is 1.07. The summed E-state index contributed by atoms with van der Waals surface area (Å²) in [4.78, 5) is 12.4. The van der Waals surface area contributed by atoms with Gasteiger partial charge in [-0.25, -0.2) is 9.97 Å². The van der Waals surface area contributed by atoms with E-state index >= 15 is 0 Å². The topological polar surface area (TPSA) is 29.0 Å². The lowest BCUT2D eigenvalue weighted by atomic mass is 10.1. The van der Waals surface area contributed by atoms with Gasteiger partial charge in [-0.1, -0.05) is 23.7 Å². The van der Waals surface area contributed by atoms with Gasteiger partial charge in [-0.2, -0.15) is 0 Å². The van der Waals surface area contributed by atoms with Crippen molar-refractivity contribution in [2.75, 3.05) is 18.0 Å². The summed E-state index contributed by atoms with van der Waals surface area (Å²) < 4.78 is 0. The van der Waals surface area contributed by atoms with E-state index in [-0.39, 0.29) is 0 Å². The van der Waals surface area contributed by atoms with Crippen molar-refractivity contribution in [3.05, 3.63) is 41.0 Å². The summed E-state index contributed by atoms with van der Waals surface area (Å²) in [6.45, 7) is 2.17. The molecule has 0 bridgehead atoms. The van der Waals surface area contributed by atoms with E-state index < -0.39 is 0 Å². The van der Waals surface area contributed by atoms with Gasteiger partial charge in [0.1, 0.15) is 17.0 Å². The molecule has 21 heavy (non-hydrogen) atoms. The Labute approximate surface area is 132 Å². The molecule has 3 aromatic rings. The normalized spacial score (nSPS) is 15.0. The molecule has 1 aliphatic heterocycles. The van der Waals surface area contributed by atoms with Crippen LogP contribution in [0.5, 0.6) is 0 Å². The zero-order valence-corrected chi connectivity index (χ0v) is 13.0. The van der Waals surface area contributed by atoms with Gasteiger partial charge >= 0.3 is 0 Å². The zero-order valence-electron chi connectivity index (χ0n) is 11.4. The SMILES string of the molecule is Clc1ccc(-c2csc3ncnc(N4CCCC4)c23)cc1. The highest BCUT2D eigenvalue weighted by molar-refractivity contribution is 7.17. The van der Waals surface area contributed by atoms with Crippen molar-refractivity contribution in [1.82, 2.24) is 9.97 Å². The predicted octanol–water partition coefficient (Wildman–Crippen LogP) is 4.61. The van der Waals surface area contributed by atoms with Crippen molar-refractivity contribution < 1.29 is 0 Å². The average Bonchev–Trinajstić information content (AvgIpc) is 3.17. The first-order valence-electron chi connectivity index (χ1n) is 7.06. The molecule has 106 valence electrons.